The molecule has 0 radical (unpaired) electrons. The van der Waals surface area contributed by atoms with Crippen molar-refractivity contribution in [2.75, 3.05) is 5.32 Å². The van der Waals surface area contributed by atoms with E-state index in [1.165, 1.54) is 18.2 Å². The molecule has 3 aromatic rings. The molecule has 2 heterocycles. The van der Waals surface area contributed by atoms with E-state index in [-0.39, 0.29) is 11.7 Å². The SMILES string of the molecule is Cc1nn(C)cc1/C=C/C(=O)Nc1cnn(Cc2ccc(F)cc2)c1. The quantitative estimate of drug-likeness (QED) is 0.727. The van der Waals surface area contributed by atoms with Gasteiger partial charge < -0.3 is 5.32 Å². The number of hydrogen-bond acceptors (Lipinski definition) is 3. The van der Waals surface area contributed by atoms with E-state index in [0.29, 0.717) is 12.2 Å². The van der Waals surface area contributed by atoms with Crippen LogP contribution >= 0.6 is 0 Å². The van der Waals surface area contributed by atoms with Crippen molar-refractivity contribution in [2.24, 2.45) is 7.05 Å². The lowest BCUT2D eigenvalue weighted by Gasteiger charge is -2.01. The molecule has 1 aromatic carbocycles. The molecule has 0 aliphatic heterocycles. The van der Waals surface area contributed by atoms with E-state index in [1.807, 2.05) is 20.2 Å². The van der Waals surface area contributed by atoms with Gasteiger partial charge in [-0.3, -0.25) is 14.2 Å². The van der Waals surface area contributed by atoms with Gasteiger partial charge in [-0.2, -0.15) is 10.2 Å². The van der Waals surface area contributed by atoms with Crippen molar-refractivity contribution in [2.45, 2.75) is 13.5 Å². The van der Waals surface area contributed by atoms with Gasteiger partial charge >= 0.3 is 0 Å². The number of aryl methyl sites for hydroxylation is 2. The molecule has 1 N–H and O–H groups in total. The second-order valence-corrected chi connectivity index (χ2v) is 5.72. The molecule has 0 saturated heterocycles. The molecule has 6 nitrogen and oxygen atoms in total. The Labute approximate surface area is 144 Å². The molecule has 1 amide bonds. The van der Waals surface area contributed by atoms with Gasteiger partial charge in [0.05, 0.1) is 24.1 Å². The van der Waals surface area contributed by atoms with E-state index in [2.05, 4.69) is 15.5 Å². The molecular weight excluding hydrogens is 321 g/mol. The molecule has 3 rings (SSSR count). The molecule has 0 aliphatic carbocycles. The number of carbonyl (C=O) groups is 1. The number of nitrogens with zero attached hydrogens (tertiary/aromatic N) is 4. The zero-order valence-corrected chi connectivity index (χ0v) is 14.0. The molecule has 7 heteroatoms. The Kier molecular flexibility index (Phi) is 4.74. The molecular formula is C18H18FN5O. The van der Waals surface area contributed by atoms with Gasteiger partial charge in [0.25, 0.3) is 0 Å². The lowest BCUT2D eigenvalue weighted by Crippen LogP contribution is -2.07. The summed E-state index contributed by atoms with van der Waals surface area (Å²) in [5.41, 5.74) is 3.28. The summed E-state index contributed by atoms with van der Waals surface area (Å²) < 4.78 is 16.3. The predicted octanol–water partition coefficient (Wildman–Crippen LogP) is 2.76. The third-order valence-electron chi connectivity index (χ3n) is 3.62. The minimum Gasteiger partial charge on any atom is -0.320 e. The number of anilines is 1. The van der Waals surface area contributed by atoms with Crippen LogP contribution < -0.4 is 5.32 Å². The average Bonchev–Trinajstić information content (AvgIpc) is 3.13. The van der Waals surface area contributed by atoms with Crippen molar-refractivity contribution >= 4 is 17.7 Å². The van der Waals surface area contributed by atoms with Crippen molar-refractivity contribution in [3.63, 3.8) is 0 Å². The van der Waals surface area contributed by atoms with Crippen molar-refractivity contribution < 1.29 is 9.18 Å². The molecule has 0 fully saturated rings. The van der Waals surface area contributed by atoms with Gasteiger partial charge in [-0.05, 0) is 30.7 Å². The zero-order valence-electron chi connectivity index (χ0n) is 14.0. The van der Waals surface area contributed by atoms with Crippen LogP contribution in [0.2, 0.25) is 0 Å². The van der Waals surface area contributed by atoms with Gasteiger partial charge in [0, 0.05) is 31.1 Å². The summed E-state index contributed by atoms with van der Waals surface area (Å²) in [5, 5.41) is 11.2. The second-order valence-electron chi connectivity index (χ2n) is 5.72. The van der Waals surface area contributed by atoms with Crippen molar-refractivity contribution in [1.29, 1.82) is 0 Å². The fraction of sp³-hybridized carbons (Fsp3) is 0.167. The summed E-state index contributed by atoms with van der Waals surface area (Å²) in [5.74, 6) is -0.516. The summed E-state index contributed by atoms with van der Waals surface area (Å²) in [6.45, 7) is 2.39. The number of rotatable bonds is 5. The largest absolute Gasteiger partial charge is 0.320 e. The molecule has 128 valence electrons. The van der Waals surface area contributed by atoms with Crippen molar-refractivity contribution in [3.8, 4) is 0 Å². The van der Waals surface area contributed by atoms with Gasteiger partial charge in [-0.25, -0.2) is 4.39 Å². The number of carbonyl (C=O) groups excluding carboxylic acids is 1. The third kappa shape index (κ3) is 4.41. The van der Waals surface area contributed by atoms with Gasteiger partial charge in [0.15, 0.2) is 0 Å². The average molecular weight is 339 g/mol. The van der Waals surface area contributed by atoms with Crippen LogP contribution in [0.4, 0.5) is 10.1 Å². The van der Waals surface area contributed by atoms with Crippen LogP contribution in [0.3, 0.4) is 0 Å². The summed E-state index contributed by atoms with van der Waals surface area (Å²) in [4.78, 5) is 12.0. The molecule has 0 atom stereocenters. The number of halogens is 1. The van der Waals surface area contributed by atoms with E-state index >= 15 is 0 Å². The summed E-state index contributed by atoms with van der Waals surface area (Å²) in [6.07, 6.45) is 8.33. The first-order valence-corrected chi connectivity index (χ1v) is 7.76. The Bertz CT molecular complexity index is 908. The first kappa shape index (κ1) is 16.6. The third-order valence-corrected chi connectivity index (χ3v) is 3.62. The smallest absolute Gasteiger partial charge is 0.248 e. The fourth-order valence-electron chi connectivity index (χ4n) is 2.42. The minimum absolute atomic E-state index is 0.246. The van der Waals surface area contributed by atoms with Gasteiger partial charge in [0.2, 0.25) is 5.91 Å². The molecule has 2 aromatic heterocycles. The summed E-state index contributed by atoms with van der Waals surface area (Å²) in [7, 11) is 1.83. The molecule has 0 spiro atoms. The highest BCUT2D eigenvalue weighted by Crippen LogP contribution is 2.10. The van der Waals surface area contributed by atoms with Crippen LogP contribution in [0.5, 0.6) is 0 Å². The summed E-state index contributed by atoms with van der Waals surface area (Å²) in [6, 6.07) is 6.22. The molecule has 0 bridgehead atoms. The van der Waals surface area contributed by atoms with Gasteiger partial charge in [0.1, 0.15) is 5.82 Å². The maximum Gasteiger partial charge on any atom is 0.248 e. The monoisotopic (exact) mass is 339 g/mol. The lowest BCUT2D eigenvalue weighted by molar-refractivity contribution is -0.111. The maximum absolute atomic E-state index is 12.9. The predicted molar refractivity (Wildman–Crippen MR) is 93.3 cm³/mol. The lowest BCUT2D eigenvalue weighted by atomic mass is 10.2. The molecule has 0 saturated carbocycles. The number of hydrogen-bond donors (Lipinski definition) is 1. The van der Waals surface area contributed by atoms with Crippen LogP contribution in [0, 0.1) is 12.7 Å². The molecule has 0 aliphatic rings. The standard InChI is InChI=1S/C18H18FN5O/c1-13-15(11-23(2)22-13)5-8-18(25)21-17-9-20-24(12-17)10-14-3-6-16(19)7-4-14/h3-9,11-12H,10H2,1-2H3,(H,21,25)/b8-5+. The van der Waals surface area contributed by atoms with E-state index < -0.39 is 0 Å². The number of aromatic nitrogens is 4. The molecule has 0 unspecified atom stereocenters. The first-order chi connectivity index (χ1) is 12.0. The van der Waals surface area contributed by atoms with E-state index in [1.54, 1.807) is 40.0 Å². The Morgan fingerprint density at radius 2 is 2.04 bits per heavy atom. The van der Waals surface area contributed by atoms with Crippen LogP contribution in [-0.2, 0) is 18.4 Å². The van der Waals surface area contributed by atoms with Crippen LogP contribution in [-0.4, -0.2) is 25.5 Å². The molecule has 25 heavy (non-hydrogen) atoms. The van der Waals surface area contributed by atoms with E-state index in [0.717, 1.165) is 16.8 Å². The zero-order chi connectivity index (χ0) is 17.8. The second kappa shape index (κ2) is 7.12. The number of amides is 1. The Morgan fingerprint density at radius 1 is 1.28 bits per heavy atom. The highest BCUT2D eigenvalue weighted by Gasteiger charge is 2.04. The highest BCUT2D eigenvalue weighted by molar-refractivity contribution is 6.01. The van der Waals surface area contributed by atoms with Gasteiger partial charge in [-0.1, -0.05) is 12.1 Å². The minimum atomic E-state index is -0.271. The van der Waals surface area contributed by atoms with Crippen LogP contribution in [0.25, 0.3) is 6.08 Å². The summed E-state index contributed by atoms with van der Waals surface area (Å²) >= 11 is 0. The van der Waals surface area contributed by atoms with Crippen LogP contribution in [0.1, 0.15) is 16.8 Å². The van der Waals surface area contributed by atoms with E-state index in [9.17, 15) is 9.18 Å². The highest BCUT2D eigenvalue weighted by atomic mass is 19.1. The Hall–Kier alpha value is -3.22. The maximum atomic E-state index is 12.9. The van der Waals surface area contributed by atoms with Crippen LogP contribution in [0.15, 0.2) is 48.9 Å². The number of nitrogens with one attached hydrogen (secondary N) is 1. The Balaban J connectivity index is 1.60. The Morgan fingerprint density at radius 3 is 2.72 bits per heavy atom. The first-order valence-electron chi connectivity index (χ1n) is 7.76. The topological polar surface area (TPSA) is 64.7 Å². The fourth-order valence-corrected chi connectivity index (χ4v) is 2.42. The van der Waals surface area contributed by atoms with Gasteiger partial charge in [-0.15, -0.1) is 0 Å². The van der Waals surface area contributed by atoms with E-state index in [4.69, 9.17) is 0 Å². The van der Waals surface area contributed by atoms with Crippen molar-refractivity contribution in [1.82, 2.24) is 19.6 Å². The normalized spacial score (nSPS) is 11.2. The van der Waals surface area contributed by atoms with Crippen molar-refractivity contribution in [3.05, 3.63) is 71.6 Å². The number of benzene rings is 1.